The van der Waals surface area contributed by atoms with E-state index in [2.05, 4.69) is 205 Å². The summed E-state index contributed by atoms with van der Waals surface area (Å²) in [6, 6.07) is 72.3. The number of benzene rings is 10. The second kappa shape index (κ2) is 12.2. The highest BCUT2D eigenvalue weighted by atomic mass is 16.3. The predicted molar refractivity (Wildman–Crippen MR) is 229 cm³/mol. The Bertz CT molecular complexity index is 3230. The lowest BCUT2D eigenvalue weighted by molar-refractivity contribution is 0.672. The third-order valence-corrected chi connectivity index (χ3v) is 11.0. The van der Waals surface area contributed by atoms with Gasteiger partial charge in [-0.15, -0.1) is 0 Å². The van der Waals surface area contributed by atoms with Crippen molar-refractivity contribution < 1.29 is 4.42 Å². The van der Waals surface area contributed by atoms with Gasteiger partial charge in [-0.3, -0.25) is 0 Å². The van der Waals surface area contributed by atoms with E-state index < -0.39 is 0 Å². The van der Waals surface area contributed by atoms with Gasteiger partial charge in [0.2, 0.25) is 0 Å². The van der Waals surface area contributed by atoms with E-state index in [1.807, 2.05) is 0 Å². The summed E-state index contributed by atoms with van der Waals surface area (Å²) in [5.74, 6) is 0. The first-order valence-corrected chi connectivity index (χ1v) is 18.5. The maximum atomic E-state index is 6.69. The van der Waals surface area contributed by atoms with Crippen molar-refractivity contribution in [3.63, 3.8) is 0 Å². The van der Waals surface area contributed by atoms with Crippen LogP contribution in [0, 0.1) is 0 Å². The molecule has 0 aliphatic carbocycles. The molecule has 0 N–H and O–H groups in total. The van der Waals surface area contributed by atoms with Gasteiger partial charge in [0.25, 0.3) is 0 Å². The molecule has 0 aliphatic rings. The molecule has 0 amide bonds. The number of fused-ring (bicyclic) bond motifs is 9. The molecule has 1 aromatic heterocycles. The molecular formula is C52H33NO. The number of anilines is 3. The van der Waals surface area contributed by atoms with Crippen LogP contribution in [0.25, 0.3) is 87.3 Å². The van der Waals surface area contributed by atoms with Crippen LogP contribution < -0.4 is 4.90 Å². The van der Waals surface area contributed by atoms with Crippen molar-refractivity contribution >= 4 is 82.1 Å². The summed E-state index contributed by atoms with van der Waals surface area (Å²) >= 11 is 0. The van der Waals surface area contributed by atoms with E-state index in [1.165, 1.54) is 54.4 Å². The van der Waals surface area contributed by atoms with Gasteiger partial charge in [0.15, 0.2) is 0 Å². The van der Waals surface area contributed by atoms with Crippen LogP contribution >= 0.6 is 0 Å². The largest absolute Gasteiger partial charge is 0.455 e. The lowest BCUT2D eigenvalue weighted by atomic mass is 9.93. The minimum Gasteiger partial charge on any atom is -0.455 e. The summed E-state index contributed by atoms with van der Waals surface area (Å²) in [5.41, 5.74) is 9.77. The van der Waals surface area contributed by atoms with E-state index in [9.17, 15) is 0 Å². The van der Waals surface area contributed by atoms with Crippen molar-refractivity contribution in [3.8, 4) is 22.3 Å². The maximum absolute atomic E-state index is 6.69. The molecule has 0 unspecified atom stereocenters. The van der Waals surface area contributed by atoms with Crippen LogP contribution in [0.5, 0.6) is 0 Å². The molecule has 10 aromatic carbocycles. The Hall–Kier alpha value is -7.16. The van der Waals surface area contributed by atoms with E-state index >= 15 is 0 Å². The molecule has 11 rings (SSSR count). The van der Waals surface area contributed by atoms with Crippen LogP contribution in [-0.4, -0.2) is 0 Å². The van der Waals surface area contributed by atoms with Crippen molar-refractivity contribution in [2.45, 2.75) is 0 Å². The highest BCUT2D eigenvalue weighted by molar-refractivity contribution is 6.20. The van der Waals surface area contributed by atoms with E-state index in [0.717, 1.165) is 50.0 Å². The summed E-state index contributed by atoms with van der Waals surface area (Å²) in [6.07, 6.45) is 0. The molecule has 0 spiro atoms. The number of furan rings is 1. The zero-order valence-electron chi connectivity index (χ0n) is 29.4. The summed E-state index contributed by atoms with van der Waals surface area (Å²) in [7, 11) is 0. The molecule has 2 nitrogen and oxygen atoms in total. The second-order valence-corrected chi connectivity index (χ2v) is 14.1. The van der Waals surface area contributed by atoms with Gasteiger partial charge in [-0.05, 0) is 115 Å². The summed E-state index contributed by atoms with van der Waals surface area (Å²) in [6.45, 7) is 0. The highest BCUT2D eigenvalue weighted by Crippen LogP contribution is 2.45. The molecule has 0 saturated carbocycles. The van der Waals surface area contributed by atoms with Crippen molar-refractivity contribution in [1.29, 1.82) is 0 Å². The fourth-order valence-electron chi connectivity index (χ4n) is 8.43. The fraction of sp³-hybridized carbons (Fsp3) is 0. The third kappa shape index (κ3) is 4.88. The monoisotopic (exact) mass is 687 g/mol. The van der Waals surface area contributed by atoms with Gasteiger partial charge in [0.05, 0.1) is 11.1 Å². The quantitative estimate of drug-likeness (QED) is 0.168. The minimum absolute atomic E-state index is 0.869. The first kappa shape index (κ1) is 30.5. The standard InChI is InChI=1S/C52H33NO/c1-2-13-37-31-39(24-23-34(37)11-1)38-15-9-16-42(32-38)53(49-21-10-22-50-51(49)47-30-27-35-12-3-6-18-44(35)52(47)54-50)41-28-25-36(26-29-41)48-33-40-14-4-5-17-43(40)45-19-7-8-20-46(45)48/h1-33H. The van der Waals surface area contributed by atoms with Gasteiger partial charge in [0.1, 0.15) is 11.2 Å². The number of hydrogen-bond acceptors (Lipinski definition) is 2. The first-order chi connectivity index (χ1) is 26.8. The van der Waals surface area contributed by atoms with Gasteiger partial charge in [-0.1, -0.05) is 146 Å². The van der Waals surface area contributed by atoms with Gasteiger partial charge in [0, 0.05) is 22.1 Å². The normalized spacial score (nSPS) is 11.7. The van der Waals surface area contributed by atoms with Gasteiger partial charge in [-0.2, -0.15) is 0 Å². The number of rotatable bonds is 5. The maximum Gasteiger partial charge on any atom is 0.143 e. The van der Waals surface area contributed by atoms with Crippen molar-refractivity contribution in [1.82, 2.24) is 0 Å². The fourth-order valence-corrected chi connectivity index (χ4v) is 8.43. The van der Waals surface area contributed by atoms with Crippen molar-refractivity contribution in [3.05, 3.63) is 200 Å². The van der Waals surface area contributed by atoms with Gasteiger partial charge >= 0.3 is 0 Å². The Morgan fingerprint density at radius 1 is 0.333 bits per heavy atom. The molecule has 1 heterocycles. The Kier molecular flexibility index (Phi) is 6.90. The van der Waals surface area contributed by atoms with Gasteiger partial charge < -0.3 is 9.32 Å². The van der Waals surface area contributed by atoms with Crippen LogP contribution in [0.2, 0.25) is 0 Å². The van der Waals surface area contributed by atoms with E-state index in [-0.39, 0.29) is 0 Å². The minimum atomic E-state index is 0.869. The zero-order valence-corrected chi connectivity index (χ0v) is 29.4. The Morgan fingerprint density at radius 3 is 1.83 bits per heavy atom. The molecular weight excluding hydrogens is 655 g/mol. The SMILES string of the molecule is c1cc(-c2ccc3ccccc3c2)cc(N(c2ccc(-c3cc4ccccc4c4ccccc34)cc2)c2cccc3oc4c5ccccc5ccc4c23)c1. The molecule has 0 bridgehead atoms. The molecule has 0 radical (unpaired) electrons. The van der Waals surface area contributed by atoms with E-state index in [1.54, 1.807) is 0 Å². The van der Waals surface area contributed by atoms with Crippen LogP contribution in [0.3, 0.4) is 0 Å². The zero-order chi connectivity index (χ0) is 35.6. The molecule has 11 aromatic rings. The van der Waals surface area contributed by atoms with Crippen molar-refractivity contribution in [2.24, 2.45) is 0 Å². The topological polar surface area (TPSA) is 16.4 Å². The lowest BCUT2D eigenvalue weighted by Crippen LogP contribution is -2.10. The van der Waals surface area contributed by atoms with Crippen molar-refractivity contribution in [2.75, 3.05) is 4.90 Å². The van der Waals surface area contributed by atoms with Gasteiger partial charge in [-0.25, -0.2) is 0 Å². The smallest absolute Gasteiger partial charge is 0.143 e. The van der Waals surface area contributed by atoms with E-state index in [0.29, 0.717) is 0 Å². The summed E-state index contributed by atoms with van der Waals surface area (Å²) < 4.78 is 6.69. The first-order valence-electron chi connectivity index (χ1n) is 18.5. The highest BCUT2D eigenvalue weighted by Gasteiger charge is 2.21. The average Bonchev–Trinajstić information content (AvgIpc) is 3.64. The molecule has 2 heteroatoms. The molecule has 252 valence electrons. The molecule has 0 fully saturated rings. The molecule has 0 atom stereocenters. The Morgan fingerprint density at radius 2 is 0.981 bits per heavy atom. The molecule has 0 aliphatic heterocycles. The second-order valence-electron chi connectivity index (χ2n) is 14.1. The lowest BCUT2D eigenvalue weighted by Gasteiger charge is -2.27. The summed E-state index contributed by atoms with van der Waals surface area (Å²) in [4.78, 5) is 2.39. The molecule has 54 heavy (non-hydrogen) atoms. The van der Waals surface area contributed by atoms with E-state index in [4.69, 9.17) is 4.42 Å². The average molecular weight is 688 g/mol. The Labute approximate surface area is 312 Å². The van der Waals surface area contributed by atoms with Crippen LogP contribution in [0.1, 0.15) is 0 Å². The third-order valence-electron chi connectivity index (χ3n) is 11.0. The summed E-state index contributed by atoms with van der Waals surface area (Å²) in [5, 5.41) is 12.0. The number of hydrogen-bond donors (Lipinski definition) is 0. The Balaban J connectivity index is 1.12. The molecule has 0 saturated heterocycles. The van der Waals surface area contributed by atoms with Crippen LogP contribution in [0.15, 0.2) is 205 Å². The number of nitrogens with zero attached hydrogens (tertiary/aromatic N) is 1. The van der Waals surface area contributed by atoms with Crippen LogP contribution in [-0.2, 0) is 0 Å². The van der Waals surface area contributed by atoms with Crippen LogP contribution in [0.4, 0.5) is 17.1 Å². The predicted octanol–water partition coefficient (Wildman–Crippen LogP) is 15.0.